The molecule has 0 N–H and O–H groups in total. The number of pyridine rings is 1. The van der Waals surface area contributed by atoms with Crippen molar-refractivity contribution in [1.29, 1.82) is 0 Å². The normalized spacial score (nSPS) is 15.1. The fraction of sp³-hybridized carbons (Fsp3) is 0.391. The molecule has 1 saturated heterocycles. The Morgan fingerprint density at radius 3 is 2.46 bits per heavy atom. The SMILES string of the molecule is CC(C)c1noc(N2CCC(Oc3nc4ccc(Oc5ccc(S(C)(=O)=O)cc5)nc4s3)CC2)n1. The maximum atomic E-state index is 11.6. The number of hydrogen-bond donors (Lipinski definition) is 0. The van der Waals surface area contributed by atoms with E-state index < -0.39 is 9.84 Å². The van der Waals surface area contributed by atoms with Crippen molar-refractivity contribution >= 4 is 37.5 Å². The van der Waals surface area contributed by atoms with Crippen molar-refractivity contribution in [3.8, 4) is 16.8 Å². The first-order valence-electron chi connectivity index (χ1n) is 11.3. The number of thiazole rings is 1. The second-order valence-electron chi connectivity index (χ2n) is 8.69. The molecule has 0 amide bonds. The van der Waals surface area contributed by atoms with Crippen LogP contribution in [0.15, 0.2) is 45.8 Å². The zero-order chi connectivity index (χ0) is 24.6. The van der Waals surface area contributed by atoms with Crippen LogP contribution < -0.4 is 14.4 Å². The molecule has 0 aliphatic carbocycles. The van der Waals surface area contributed by atoms with E-state index in [1.807, 2.05) is 19.9 Å². The Balaban J connectivity index is 1.20. The topological polar surface area (TPSA) is 121 Å². The summed E-state index contributed by atoms with van der Waals surface area (Å²) in [5, 5.41) is 4.61. The standard InChI is InChI=1S/C23H25N5O5S2/c1-14(2)20-26-22(33-27-20)28-12-10-16(11-13-28)32-23-24-18-8-9-19(25-21(18)34-23)31-15-4-6-17(7-5-15)35(3,29)30/h4-9,14,16H,10-13H2,1-3H3. The second-order valence-corrected chi connectivity index (χ2v) is 11.6. The van der Waals surface area contributed by atoms with E-state index in [0.29, 0.717) is 27.7 Å². The Labute approximate surface area is 206 Å². The number of sulfone groups is 1. The molecule has 0 atom stereocenters. The maximum absolute atomic E-state index is 11.6. The van der Waals surface area contributed by atoms with Gasteiger partial charge in [0.15, 0.2) is 20.5 Å². The molecule has 0 saturated carbocycles. The van der Waals surface area contributed by atoms with Crippen LogP contribution in [-0.2, 0) is 9.84 Å². The number of ether oxygens (including phenoxy) is 2. The maximum Gasteiger partial charge on any atom is 0.324 e. The van der Waals surface area contributed by atoms with Gasteiger partial charge in [-0.15, -0.1) is 0 Å². The van der Waals surface area contributed by atoms with Crippen molar-refractivity contribution in [2.24, 2.45) is 0 Å². The van der Waals surface area contributed by atoms with Gasteiger partial charge in [-0.2, -0.15) is 4.98 Å². The van der Waals surface area contributed by atoms with E-state index in [1.165, 1.54) is 29.7 Å². The monoisotopic (exact) mass is 515 g/mol. The minimum absolute atomic E-state index is 0.0448. The fourth-order valence-electron chi connectivity index (χ4n) is 3.66. The van der Waals surface area contributed by atoms with Crippen molar-refractivity contribution < 1.29 is 22.4 Å². The Hall–Kier alpha value is -3.25. The first-order chi connectivity index (χ1) is 16.7. The summed E-state index contributed by atoms with van der Waals surface area (Å²) in [7, 11) is -3.26. The first kappa shape index (κ1) is 23.5. The van der Waals surface area contributed by atoms with Crippen LogP contribution in [0.2, 0.25) is 0 Å². The minimum Gasteiger partial charge on any atom is -0.467 e. The zero-order valence-electron chi connectivity index (χ0n) is 19.5. The van der Waals surface area contributed by atoms with E-state index in [-0.39, 0.29) is 16.9 Å². The minimum atomic E-state index is -3.26. The van der Waals surface area contributed by atoms with Crippen molar-refractivity contribution in [3.63, 3.8) is 0 Å². The number of rotatable bonds is 7. The van der Waals surface area contributed by atoms with Crippen LogP contribution in [0.1, 0.15) is 38.4 Å². The Bertz CT molecular complexity index is 1420. The quantitative estimate of drug-likeness (QED) is 0.349. The summed E-state index contributed by atoms with van der Waals surface area (Å²) in [4.78, 5) is 16.6. The molecule has 1 aliphatic heterocycles. The van der Waals surface area contributed by atoms with Crippen LogP contribution in [-0.4, -0.2) is 54.0 Å². The summed E-state index contributed by atoms with van der Waals surface area (Å²) in [6, 6.07) is 10.3. The average molecular weight is 516 g/mol. The molecule has 10 nitrogen and oxygen atoms in total. The summed E-state index contributed by atoms with van der Waals surface area (Å²) in [5.74, 6) is 1.84. The highest BCUT2D eigenvalue weighted by Crippen LogP contribution is 2.32. The lowest BCUT2D eigenvalue weighted by atomic mass is 10.1. The van der Waals surface area contributed by atoms with Gasteiger partial charge in [0.2, 0.25) is 5.88 Å². The molecule has 0 spiro atoms. The molecule has 12 heteroatoms. The number of nitrogens with zero attached hydrogens (tertiary/aromatic N) is 5. The Kier molecular flexibility index (Phi) is 6.32. The smallest absolute Gasteiger partial charge is 0.324 e. The van der Waals surface area contributed by atoms with Gasteiger partial charge in [0.25, 0.3) is 5.19 Å². The second kappa shape index (κ2) is 9.42. The molecule has 4 aromatic rings. The van der Waals surface area contributed by atoms with Crippen LogP contribution in [0.4, 0.5) is 6.01 Å². The highest BCUT2D eigenvalue weighted by atomic mass is 32.2. The summed E-state index contributed by atoms with van der Waals surface area (Å²) in [5.41, 5.74) is 0.731. The molecule has 0 bridgehead atoms. The van der Waals surface area contributed by atoms with E-state index >= 15 is 0 Å². The number of aromatic nitrogens is 4. The number of piperidine rings is 1. The van der Waals surface area contributed by atoms with Crippen molar-refractivity contribution in [3.05, 3.63) is 42.2 Å². The number of hydrogen-bond acceptors (Lipinski definition) is 11. The number of anilines is 1. The van der Waals surface area contributed by atoms with Crippen molar-refractivity contribution in [2.45, 2.75) is 43.6 Å². The Morgan fingerprint density at radius 1 is 1.06 bits per heavy atom. The van der Waals surface area contributed by atoms with Gasteiger partial charge in [0.05, 0.1) is 4.90 Å². The van der Waals surface area contributed by atoms with Crippen molar-refractivity contribution in [2.75, 3.05) is 24.2 Å². The summed E-state index contributed by atoms with van der Waals surface area (Å²) >= 11 is 1.37. The van der Waals surface area contributed by atoms with E-state index in [1.54, 1.807) is 18.2 Å². The third-order valence-electron chi connectivity index (χ3n) is 5.61. The molecule has 35 heavy (non-hydrogen) atoms. The molecule has 3 aromatic heterocycles. The molecule has 0 radical (unpaired) electrons. The molecule has 1 fully saturated rings. The average Bonchev–Trinajstić information content (AvgIpc) is 3.46. The van der Waals surface area contributed by atoms with Crippen LogP contribution in [0.25, 0.3) is 10.3 Å². The molecule has 1 aromatic carbocycles. The summed E-state index contributed by atoms with van der Waals surface area (Å²) < 4.78 is 40.6. The van der Waals surface area contributed by atoms with Gasteiger partial charge in [-0.1, -0.05) is 30.3 Å². The first-order valence-corrected chi connectivity index (χ1v) is 14.0. The lowest BCUT2D eigenvalue weighted by Crippen LogP contribution is -2.38. The third-order valence-corrected chi connectivity index (χ3v) is 7.60. The van der Waals surface area contributed by atoms with Gasteiger partial charge in [0, 0.05) is 44.2 Å². The van der Waals surface area contributed by atoms with Gasteiger partial charge >= 0.3 is 6.01 Å². The van der Waals surface area contributed by atoms with Gasteiger partial charge in [-0.05, 0) is 30.3 Å². The van der Waals surface area contributed by atoms with Gasteiger partial charge in [-0.3, -0.25) is 0 Å². The lowest BCUT2D eigenvalue weighted by Gasteiger charge is -2.29. The molecule has 1 aliphatic rings. The predicted molar refractivity (Wildman–Crippen MR) is 131 cm³/mol. The highest BCUT2D eigenvalue weighted by molar-refractivity contribution is 7.90. The highest BCUT2D eigenvalue weighted by Gasteiger charge is 2.25. The van der Waals surface area contributed by atoms with E-state index in [9.17, 15) is 8.42 Å². The molecule has 5 rings (SSSR count). The van der Waals surface area contributed by atoms with Crippen LogP contribution in [0.5, 0.6) is 16.8 Å². The molecular weight excluding hydrogens is 490 g/mol. The van der Waals surface area contributed by atoms with Gasteiger partial charge in [0.1, 0.15) is 17.4 Å². The zero-order valence-corrected chi connectivity index (χ0v) is 21.2. The van der Waals surface area contributed by atoms with Crippen LogP contribution in [0.3, 0.4) is 0 Å². The van der Waals surface area contributed by atoms with Gasteiger partial charge in [-0.25, -0.2) is 18.4 Å². The molecule has 0 unspecified atom stereocenters. The van der Waals surface area contributed by atoms with E-state index in [4.69, 9.17) is 14.0 Å². The lowest BCUT2D eigenvalue weighted by molar-refractivity contribution is 0.168. The Morgan fingerprint density at radius 2 is 1.80 bits per heavy atom. The largest absolute Gasteiger partial charge is 0.467 e. The van der Waals surface area contributed by atoms with E-state index in [0.717, 1.165) is 37.3 Å². The molecule has 184 valence electrons. The van der Waals surface area contributed by atoms with Crippen LogP contribution >= 0.6 is 11.3 Å². The van der Waals surface area contributed by atoms with Crippen LogP contribution in [0, 0.1) is 0 Å². The summed E-state index contributed by atoms with van der Waals surface area (Å²) in [6.07, 6.45) is 2.85. The molecular formula is C23H25N5O5S2. The molecule has 4 heterocycles. The van der Waals surface area contributed by atoms with Gasteiger partial charge < -0.3 is 18.9 Å². The predicted octanol–water partition coefficient (Wildman–Crippen LogP) is 4.44. The summed E-state index contributed by atoms with van der Waals surface area (Å²) in [6.45, 7) is 5.61. The van der Waals surface area contributed by atoms with E-state index in [2.05, 4.69) is 25.0 Å². The van der Waals surface area contributed by atoms with Crippen molar-refractivity contribution in [1.82, 2.24) is 20.1 Å². The number of benzene rings is 1. The number of fused-ring (bicyclic) bond motifs is 1. The third kappa shape index (κ3) is 5.38. The fourth-order valence-corrected chi connectivity index (χ4v) is 5.14.